The lowest BCUT2D eigenvalue weighted by atomic mass is 10.2. The second-order valence-electron chi connectivity index (χ2n) is 4.21. The molecular formula is C12H16F2N4O. The summed E-state index contributed by atoms with van der Waals surface area (Å²) < 4.78 is 28.4. The second kappa shape index (κ2) is 6.31. The van der Waals surface area contributed by atoms with Gasteiger partial charge in [-0.05, 0) is 18.1 Å². The first kappa shape index (κ1) is 13.5. The van der Waals surface area contributed by atoms with Crippen LogP contribution in [-0.2, 0) is 6.54 Å². The molecule has 104 valence electrons. The highest BCUT2D eigenvalue weighted by Crippen LogP contribution is 2.12. The molecule has 0 amide bonds. The lowest BCUT2D eigenvalue weighted by Gasteiger charge is -2.25. The van der Waals surface area contributed by atoms with Crippen molar-refractivity contribution < 1.29 is 13.5 Å². The number of nitrogens with one attached hydrogen (secondary N) is 1. The number of alkyl halides is 2. The van der Waals surface area contributed by atoms with E-state index in [1.165, 1.54) is 12.3 Å². The van der Waals surface area contributed by atoms with Gasteiger partial charge >= 0.3 is 6.61 Å². The van der Waals surface area contributed by atoms with Crippen molar-refractivity contribution in [3.63, 3.8) is 0 Å². The number of hydrogen-bond donors (Lipinski definition) is 1. The van der Waals surface area contributed by atoms with Gasteiger partial charge in [-0.2, -0.15) is 8.78 Å². The Labute approximate surface area is 110 Å². The number of aliphatic imine (C=N–C) groups is 1. The monoisotopic (exact) mass is 270 g/mol. The second-order valence-corrected chi connectivity index (χ2v) is 4.21. The Morgan fingerprint density at radius 2 is 2.37 bits per heavy atom. The standard InChI is InChI=1S/C12H16F2N4O/c1-18-6-2-4-16-12(18)17-8-9-3-5-15-10(7-9)19-11(13)14/h3,5,7,11H,2,4,6,8H2,1H3,(H,16,17). The van der Waals surface area contributed by atoms with E-state index in [0.717, 1.165) is 31.0 Å². The molecule has 5 nitrogen and oxygen atoms in total. The molecule has 0 bridgehead atoms. The number of hydrogen-bond acceptors (Lipinski definition) is 5. The number of rotatable bonds is 4. The minimum absolute atomic E-state index is 0.0757. The molecule has 1 aromatic heterocycles. The van der Waals surface area contributed by atoms with E-state index in [1.807, 2.05) is 11.9 Å². The average molecular weight is 270 g/mol. The van der Waals surface area contributed by atoms with E-state index in [0.29, 0.717) is 6.54 Å². The maximum atomic E-state index is 12.1. The third kappa shape index (κ3) is 4.04. The molecule has 19 heavy (non-hydrogen) atoms. The van der Waals surface area contributed by atoms with Gasteiger partial charge < -0.3 is 15.0 Å². The Hall–Kier alpha value is -1.92. The van der Waals surface area contributed by atoms with Gasteiger partial charge in [0.1, 0.15) is 0 Å². The fourth-order valence-electron chi connectivity index (χ4n) is 1.81. The Morgan fingerprint density at radius 3 is 3.11 bits per heavy atom. The molecule has 2 rings (SSSR count). The highest BCUT2D eigenvalue weighted by atomic mass is 19.3. The summed E-state index contributed by atoms with van der Waals surface area (Å²) in [5, 5.41) is 3.17. The normalized spacial score (nSPS) is 15.4. The SMILES string of the molecule is CN1CCCN=C1NCc1ccnc(OC(F)F)c1. The van der Waals surface area contributed by atoms with Crippen LogP contribution in [0.3, 0.4) is 0 Å². The molecule has 0 spiro atoms. The predicted octanol–water partition coefficient (Wildman–Crippen LogP) is 1.46. The third-order valence-electron chi connectivity index (χ3n) is 2.73. The summed E-state index contributed by atoms with van der Waals surface area (Å²) in [6.45, 7) is -0.597. The van der Waals surface area contributed by atoms with Crippen LogP contribution in [0.1, 0.15) is 12.0 Å². The summed E-state index contributed by atoms with van der Waals surface area (Å²) in [7, 11) is 1.96. The molecule has 0 unspecified atom stereocenters. The van der Waals surface area contributed by atoms with Crippen molar-refractivity contribution in [2.24, 2.45) is 4.99 Å². The summed E-state index contributed by atoms with van der Waals surface area (Å²) in [4.78, 5) is 10.1. The molecule has 0 aliphatic carbocycles. The van der Waals surface area contributed by atoms with E-state index in [-0.39, 0.29) is 5.88 Å². The van der Waals surface area contributed by atoms with Crippen LogP contribution in [0.5, 0.6) is 5.88 Å². The van der Waals surface area contributed by atoms with E-state index >= 15 is 0 Å². The van der Waals surface area contributed by atoms with Gasteiger partial charge in [0.2, 0.25) is 5.88 Å². The molecule has 2 heterocycles. The fraction of sp³-hybridized carbons (Fsp3) is 0.500. The van der Waals surface area contributed by atoms with Crippen LogP contribution in [0, 0.1) is 0 Å². The van der Waals surface area contributed by atoms with Gasteiger partial charge in [-0.15, -0.1) is 0 Å². The number of guanidine groups is 1. The quantitative estimate of drug-likeness (QED) is 0.900. The maximum Gasteiger partial charge on any atom is 0.388 e. The maximum absolute atomic E-state index is 12.1. The van der Waals surface area contributed by atoms with Crippen LogP contribution in [0.25, 0.3) is 0 Å². The van der Waals surface area contributed by atoms with Gasteiger partial charge in [-0.3, -0.25) is 4.99 Å². The van der Waals surface area contributed by atoms with Gasteiger partial charge in [0.25, 0.3) is 0 Å². The highest BCUT2D eigenvalue weighted by Gasteiger charge is 2.11. The Kier molecular flexibility index (Phi) is 4.48. The van der Waals surface area contributed by atoms with Gasteiger partial charge in [0.15, 0.2) is 5.96 Å². The Bertz CT molecular complexity index is 453. The molecule has 0 saturated heterocycles. The fourth-order valence-corrected chi connectivity index (χ4v) is 1.81. The van der Waals surface area contributed by atoms with Crippen LogP contribution in [0.4, 0.5) is 8.78 Å². The molecule has 0 radical (unpaired) electrons. The summed E-state index contributed by atoms with van der Waals surface area (Å²) in [5.74, 6) is 0.743. The van der Waals surface area contributed by atoms with Crippen molar-refractivity contribution in [1.82, 2.24) is 15.2 Å². The summed E-state index contributed by atoms with van der Waals surface area (Å²) >= 11 is 0. The van der Waals surface area contributed by atoms with E-state index in [1.54, 1.807) is 6.07 Å². The van der Waals surface area contributed by atoms with Crippen molar-refractivity contribution in [2.75, 3.05) is 20.1 Å². The summed E-state index contributed by atoms with van der Waals surface area (Å²) in [5.41, 5.74) is 0.812. The molecule has 0 atom stereocenters. The van der Waals surface area contributed by atoms with Crippen molar-refractivity contribution in [2.45, 2.75) is 19.6 Å². The molecule has 1 aliphatic rings. The number of nitrogens with zero attached hydrogens (tertiary/aromatic N) is 3. The van der Waals surface area contributed by atoms with Crippen LogP contribution in [0.2, 0.25) is 0 Å². The lowest BCUT2D eigenvalue weighted by molar-refractivity contribution is -0.0528. The van der Waals surface area contributed by atoms with Crippen molar-refractivity contribution >= 4 is 5.96 Å². The van der Waals surface area contributed by atoms with Gasteiger partial charge in [-0.25, -0.2) is 4.98 Å². The Morgan fingerprint density at radius 1 is 1.53 bits per heavy atom. The highest BCUT2D eigenvalue weighted by molar-refractivity contribution is 5.80. The molecule has 0 fully saturated rings. The zero-order valence-electron chi connectivity index (χ0n) is 10.6. The molecule has 7 heteroatoms. The zero-order valence-corrected chi connectivity index (χ0v) is 10.6. The first-order valence-corrected chi connectivity index (χ1v) is 6.04. The van der Waals surface area contributed by atoms with Crippen molar-refractivity contribution in [1.29, 1.82) is 0 Å². The van der Waals surface area contributed by atoms with E-state index in [9.17, 15) is 8.78 Å². The Balaban J connectivity index is 1.94. The van der Waals surface area contributed by atoms with E-state index in [4.69, 9.17) is 0 Å². The first-order chi connectivity index (χ1) is 9.15. The van der Waals surface area contributed by atoms with Crippen LogP contribution in [0.15, 0.2) is 23.3 Å². The summed E-state index contributed by atoms with van der Waals surface area (Å²) in [6.07, 6.45) is 2.49. The molecule has 1 aromatic rings. The number of aromatic nitrogens is 1. The van der Waals surface area contributed by atoms with Gasteiger partial charge in [0.05, 0.1) is 0 Å². The van der Waals surface area contributed by atoms with Crippen molar-refractivity contribution in [3.05, 3.63) is 23.9 Å². The van der Waals surface area contributed by atoms with Crippen LogP contribution in [-0.4, -0.2) is 42.6 Å². The van der Waals surface area contributed by atoms with Crippen LogP contribution < -0.4 is 10.1 Å². The predicted molar refractivity (Wildman–Crippen MR) is 67.3 cm³/mol. The number of ether oxygens (including phenoxy) is 1. The molecular weight excluding hydrogens is 254 g/mol. The van der Waals surface area contributed by atoms with Gasteiger partial charge in [-0.1, -0.05) is 0 Å². The minimum atomic E-state index is -2.86. The molecule has 0 saturated carbocycles. The largest absolute Gasteiger partial charge is 0.417 e. The number of halogens is 2. The average Bonchev–Trinajstić information content (AvgIpc) is 2.37. The van der Waals surface area contributed by atoms with E-state index < -0.39 is 6.61 Å². The summed E-state index contributed by atoms with van der Waals surface area (Å²) in [6, 6.07) is 3.23. The topological polar surface area (TPSA) is 49.8 Å². The smallest absolute Gasteiger partial charge is 0.388 e. The van der Waals surface area contributed by atoms with Crippen LogP contribution >= 0.6 is 0 Å². The zero-order chi connectivity index (χ0) is 13.7. The van der Waals surface area contributed by atoms with Crippen molar-refractivity contribution in [3.8, 4) is 5.88 Å². The molecule has 1 aliphatic heterocycles. The minimum Gasteiger partial charge on any atom is -0.417 e. The molecule has 1 N–H and O–H groups in total. The lowest BCUT2D eigenvalue weighted by Crippen LogP contribution is -2.41. The third-order valence-corrected chi connectivity index (χ3v) is 2.73. The first-order valence-electron chi connectivity index (χ1n) is 6.04. The van der Waals surface area contributed by atoms with Gasteiger partial charge in [0, 0.05) is 38.9 Å². The number of pyridine rings is 1. The van der Waals surface area contributed by atoms with E-state index in [2.05, 4.69) is 20.0 Å². The molecule has 0 aromatic carbocycles.